The number of nitrogens with zero attached hydrogens (tertiary/aromatic N) is 2. The van der Waals surface area contributed by atoms with Gasteiger partial charge in [0.05, 0.1) is 18.4 Å². The molecule has 2 rings (SSSR count). The Kier molecular flexibility index (Phi) is 3.52. The Hall–Kier alpha value is -1.29. The van der Waals surface area contributed by atoms with E-state index in [4.69, 9.17) is 0 Å². The summed E-state index contributed by atoms with van der Waals surface area (Å²) < 4.78 is 0. The van der Waals surface area contributed by atoms with Gasteiger partial charge in [-0.25, -0.2) is 0 Å². The summed E-state index contributed by atoms with van der Waals surface area (Å²) in [4.78, 5) is 8.18. The smallest absolute Gasteiger partial charge is 0.195 e. The van der Waals surface area contributed by atoms with Crippen LogP contribution in [0.1, 0.15) is 0 Å². The summed E-state index contributed by atoms with van der Waals surface area (Å²) in [6.45, 7) is 1.77. The van der Waals surface area contributed by atoms with Crippen LogP contribution in [-0.2, 0) is 0 Å². The maximum absolute atomic E-state index is 4.20. The van der Waals surface area contributed by atoms with Gasteiger partial charge in [0.2, 0.25) is 0 Å². The molecule has 0 atom stereocenters. The van der Waals surface area contributed by atoms with Crippen molar-refractivity contribution in [2.24, 2.45) is 4.99 Å². The van der Waals surface area contributed by atoms with E-state index in [0.29, 0.717) is 0 Å². The predicted octanol–water partition coefficient (Wildman–Crippen LogP) is 0.874. The van der Waals surface area contributed by atoms with Crippen molar-refractivity contribution >= 4 is 24.1 Å². The van der Waals surface area contributed by atoms with Crippen LogP contribution in [0.25, 0.3) is 0 Å². The van der Waals surface area contributed by atoms with Crippen LogP contribution in [-0.4, -0.2) is 24.0 Å². The third-order valence-corrected chi connectivity index (χ3v) is 1.60. The number of aliphatic imine (C=N–C) groups is 1. The molecule has 0 unspecified atom stereocenters. The van der Waals surface area contributed by atoms with Gasteiger partial charge >= 0.3 is 0 Å². The van der Waals surface area contributed by atoms with Crippen LogP contribution in [0.2, 0.25) is 0 Å². The Bertz CT molecular complexity index is 285. The number of halogens is 1. The van der Waals surface area contributed by atoms with Crippen molar-refractivity contribution in [2.75, 3.05) is 18.4 Å². The lowest BCUT2D eigenvalue weighted by Gasteiger charge is -2.04. The Morgan fingerprint density at radius 1 is 1.46 bits per heavy atom. The Labute approximate surface area is 82.9 Å². The van der Waals surface area contributed by atoms with E-state index in [-0.39, 0.29) is 12.4 Å². The van der Waals surface area contributed by atoms with Crippen molar-refractivity contribution in [3.05, 3.63) is 24.5 Å². The van der Waals surface area contributed by atoms with Crippen molar-refractivity contribution in [2.45, 2.75) is 0 Å². The summed E-state index contributed by atoms with van der Waals surface area (Å²) in [5.74, 6) is 0.836. The predicted molar refractivity (Wildman–Crippen MR) is 55.4 cm³/mol. The third-order valence-electron chi connectivity index (χ3n) is 1.60. The molecule has 0 aromatic carbocycles. The lowest BCUT2D eigenvalue weighted by atomic mass is 10.4. The number of nitrogens with one attached hydrogen (secondary N) is 2. The summed E-state index contributed by atoms with van der Waals surface area (Å²) in [5.41, 5.74) is 0.964. The minimum Gasteiger partial charge on any atom is -0.354 e. The first-order valence-corrected chi connectivity index (χ1v) is 3.90. The first-order valence-electron chi connectivity index (χ1n) is 3.90. The Morgan fingerprint density at radius 3 is 3.00 bits per heavy atom. The van der Waals surface area contributed by atoms with E-state index in [1.54, 1.807) is 12.4 Å². The fourth-order valence-electron chi connectivity index (χ4n) is 1.06. The number of rotatable bonds is 1. The fraction of sp³-hybridized carbons (Fsp3) is 0.250. The summed E-state index contributed by atoms with van der Waals surface area (Å²) in [6.07, 6.45) is 3.51. The molecule has 0 aliphatic carbocycles. The summed E-state index contributed by atoms with van der Waals surface area (Å²) in [7, 11) is 0. The number of hydrogen-bond acceptors (Lipinski definition) is 4. The molecule has 70 valence electrons. The van der Waals surface area contributed by atoms with E-state index in [2.05, 4.69) is 20.6 Å². The first-order chi connectivity index (χ1) is 5.95. The maximum Gasteiger partial charge on any atom is 0.195 e. The molecule has 0 amide bonds. The molecule has 0 fully saturated rings. The van der Waals surface area contributed by atoms with Crippen LogP contribution < -0.4 is 10.6 Å². The molecule has 5 heteroatoms. The maximum atomic E-state index is 4.20. The number of aromatic nitrogens is 1. The van der Waals surface area contributed by atoms with Gasteiger partial charge in [-0.2, -0.15) is 0 Å². The van der Waals surface area contributed by atoms with Crippen molar-refractivity contribution in [3.63, 3.8) is 0 Å². The molecule has 4 nitrogen and oxygen atoms in total. The second kappa shape index (κ2) is 4.67. The third kappa shape index (κ3) is 2.59. The molecule has 2 heterocycles. The summed E-state index contributed by atoms with van der Waals surface area (Å²) in [6, 6.07) is 3.84. The molecular formula is C8H11ClN4. The van der Waals surface area contributed by atoms with E-state index in [1.807, 2.05) is 12.1 Å². The van der Waals surface area contributed by atoms with Crippen LogP contribution in [0.3, 0.4) is 0 Å². The van der Waals surface area contributed by atoms with Crippen LogP contribution in [0.5, 0.6) is 0 Å². The number of pyridine rings is 1. The van der Waals surface area contributed by atoms with Gasteiger partial charge in [0, 0.05) is 12.7 Å². The van der Waals surface area contributed by atoms with Gasteiger partial charge in [-0.15, -0.1) is 12.4 Å². The highest BCUT2D eigenvalue weighted by Gasteiger charge is 2.03. The average molecular weight is 199 g/mol. The van der Waals surface area contributed by atoms with E-state index >= 15 is 0 Å². The molecule has 2 N–H and O–H groups in total. The highest BCUT2D eigenvalue weighted by Crippen LogP contribution is 2.02. The lowest BCUT2D eigenvalue weighted by Crippen LogP contribution is -2.26. The zero-order valence-electron chi connectivity index (χ0n) is 7.03. The summed E-state index contributed by atoms with van der Waals surface area (Å²) >= 11 is 0. The molecule has 0 bridgehead atoms. The summed E-state index contributed by atoms with van der Waals surface area (Å²) in [5, 5.41) is 6.23. The molecule has 13 heavy (non-hydrogen) atoms. The minimum atomic E-state index is 0. The van der Waals surface area contributed by atoms with Gasteiger partial charge in [-0.05, 0) is 12.1 Å². The number of guanidine groups is 1. The second-order valence-electron chi connectivity index (χ2n) is 2.52. The van der Waals surface area contributed by atoms with Gasteiger partial charge in [-0.1, -0.05) is 0 Å². The van der Waals surface area contributed by atoms with E-state index in [9.17, 15) is 0 Å². The second-order valence-corrected chi connectivity index (χ2v) is 2.52. The minimum absolute atomic E-state index is 0. The van der Waals surface area contributed by atoms with Gasteiger partial charge < -0.3 is 10.6 Å². The van der Waals surface area contributed by atoms with Gasteiger partial charge in [0.25, 0.3) is 0 Å². The molecular weight excluding hydrogens is 188 g/mol. The molecule has 1 aliphatic heterocycles. The quantitative estimate of drug-likeness (QED) is 0.704. The lowest BCUT2D eigenvalue weighted by molar-refractivity contribution is 0.959. The van der Waals surface area contributed by atoms with Crippen molar-refractivity contribution in [1.82, 2.24) is 10.3 Å². The standard InChI is InChI=1S/C8H10N4.ClH/c1-2-7(6-9-3-1)12-8-10-4-5-11-8;/h1-3,6H,4-5H2,(H2,10,11,12);1H. The SMILES string of the molecule is Cl.c1cncc(NC2=NCCN2)c1. The van der Waals surface area contributed by atoms with E-state index < -0.39 is 0 Å². The van der Waals surface area contributed by atoms with Crippen LogP contribution in [0, 0.1) is 0 Å². The van der Waals surface area contributed by atoms with Crippen molar-refractivity contribution in [1.29, 1.82) is 0 Å². The molecule has 1 aliphatic rings. The molecule has 0 spiro atoms. The normalized spacial score (nSPS) is 14.0. The van der Waals surface area contributed by atoms with Gasteiger partial charge in [-0.3, -0.25) is 9.98 Å². The number of anilines is 1. The fourth-order valence-corrected chi connectivity index (χ4v) is 1.06. The van der Waals surface area contributed by atoms with Gasteiger partial charge in [0.15, 0.2) is 5.96 Å². The average Bonchev–Trinajstić information content (AvgIpc) is 2.59. The van der Waals surface area contributed by atoms with Crippen molar-refractivity contribution < 1.29 is 0 Å². The van der Waals surface area contributed by atoms with Gasteiger partial charge in [0.1, 0.15) is 0 Å². The largest absolute Gasteiger partial charge is 0.354 e. The molecule has 1 aromatic heterocycles. The monoisotopic (exact) mass is 198 g/mol. The highest BCUT2D eigenvalue weighted by molar-refractivity contribution is 5.94. The molecule has 0 saturated carbocycles. The molecule has 0 radical (unpaired) electrons. The molecule has 0 saturated heterocycles. The van der Waals surface area contributed by atoms with Crippen LogP contribution in [0.4, 0.5) is 5.69 Å². The molecule has 1 aromatic rings. The zero-order valence-corrected chi connectivity index (χ0v) is 7.84. The Balaban J connectivity index is 0.000000845. The van der Waals surface area contributed by atoms with E-state index in [0.717, 1.165) is 24.7 Å². The highest BCUT2D eigenvalue weighted by atomic mass is 35.5. The number of hydrogen-bond donors (Lipinski definition) is 2. The Morgan fingerprint density at radius 2 is 2.38 bits per heavy atom. The zero-order chi connectivity index (χ0) is 8.23. The van der Waals surface area contributed by atoms with Crippen molar-refractivity contribution in [3.8, 4) is 0 Å². The topological polar surface area (TPSA) is 49.3 Å². The first kappa shape index (κ1) is 9.80. The van der Waals surface area contributed by atoms with E-state index in [1.165, 1.54) is 0 Å². The van der Waals surface area contributed by atoms with Crippen LogP contribution >= 0.6 is 12.4 Å². The van der Waals surface area contributed by atoms with Crippen LogP contribution in [0.15, 0.2) is 29.5 Å².